The number of carbonyl (C=O) groups excluding carboxylic acids is 3. The van der Waals surface area contributed by atoms with Crippen molar-refractivity contribution in [1.29, 1.82) is 0 Å². The van der Waals surface area contributed by atoms with E-state index in [1.807, 2.05) is 39.0 Å². The zero-order valence-electron chi connectivity index (χ0n) is 14.6. The molecule has 0 saturated heterocycles. The molecule has 1 aromatic carbocycles. The maximum atomic E-state index is 12.7. The van der Waals surface area contributed by atoms with Crippen LogP contribution in [0, 0.1) is 5.92 Å². The number of benzene rings is 1. The molecular formula is C20H22O4. The molecule has 3 rings (SSSR count). The van der Waals surface area contributed by atoms with Gasteiger partial charge in [-0.15, -0.1) is 0 Å². The molecular weight excluding hydrogens is 304 g/mol. The number of ketones is 2. The summed E-state index contributed by atoms with van der Waals surface area (Å²) in [5.74, 6) is -1.15. The minimum absolute atomic E-state index is 0.00553. The Labute approximate surface area is 141 Å². The highest BCUT2D eigenvalue weighted by Crippen LogP contribution is 2.42. The lowest BCUT2D eigenvalue weighted by molar-refractivity contribution is -0.147. The molecule has 0 aromatic heterocycles. The van der Waals surface area contributed by atoms with E-state index in [1.54, 1.807) is 0 Å². The third kappa shape index (κ3) is 2.24. The average molecular weight is 326 g/mol. The zero-order chi connectivity index (χ0) is 17.6. The van der Waals surface area contributed by atoms with Crippen molar-refractivity contribution in [2.75, 3.05) is 7.11 Å². The van der Waals surface area contributed by atoms with Gasteiger partial charge in [-0.2, -0.15) is 0 Å². The Hall–Kier alpha value is -2.23. The predicted molar refractivity (Wildman–Crippen MR) is 90.9 cm³/mol. The molecule has 1 unspecified atom stereocenters. The first-order valence-corrected chi connectivity index (χ1v) is 8.36. The van der Waals surface area contributed by atoms with Crippen LogP contribution in [0.5, 0.6) is 0 Å². The van der Waals surface area contributed by atoms with Crippen LogP contribution in [-0.4, -0.2) is 24.6 Å². The highest BCUT2D eigenvalue weighted by Gasteiger charge is 2.43. The fraction of sp³-hybridized carbons (Fsp3) is 0.450. The molecule has 4 nitrogen and oxygen atoms in total. The van der Waals surface area contributed by atoms with E-state index in [0.717, 1.165) is 23.1 Å². The molecule has 0 radical (unpaired) electrons. The van der Waals surface area contributed by atoms with Gasteiger partial charge in [0.25, 0.3) is 0 Å². The van der Waals surface area contributed by atoms with Crippen molar-refractivity contribution < 1.29 is 19.1 Å². The van der Waals surface area contributed by atoms with Crippen molar-refractivity contribution in [3.8, 4) is 0 Å². The summed E-state index contributed by atoms with van der Waals surface area (Å²) in [6, 6.07) is 3.77. The second-order valence-electron chi connectivity index (χ2n) is 7.15. The summed E-state index contributed by atoms with van der Waals surface area (Å²) in [6.45, 7) is 5.68. The van der Waals surface area contributed by atoms with E-state index in [9.17, 15) is 14.4 Å². The van der Waals surface area contributed by atoms with Gasteiger partial charge in [0.1, 0.15) is 0 Å². The smallest absolute Gasteiger partial charge is 0.316 e. The molecule has 24 heavy (non-hydrogen) atoms. The zero-order valence-corrected chi connectivity index (χ0v) is 14.6. The first kappa shape index (κ1) is 16.6. The van der Waals surface area contributed by atoms with E-state index < -0.39 is 17.0 Å². The monoisotopic (exact) mass is 326 g/mol. The summed E-state index contributed by atoms with van der Waals surface area (Å²) in [5.41, 5.74) is 2.72. The molecule has 0 bridgehead atoms. The second kappa shape index (κ2) is 5.69. The van der Waals surface area contributed by atoms with Gasteiger partial charge < -0.3 is 4.74 Å². The Morgan fingerprint density at radius 2 is 1.92 bits per heavy atom. The van der Waals surface area contributed by atoms with Gasteiger partial charge in [0.2, 0.25) is 11.6 Å². The van der Waals surface area contributed by atoms with Crippen LogP contribution in [0.15, 0.2) is 17.7 Å². The number of rotatable bonds is 2. The first-order valence-electron chi connectivity index (χ1n) is 8.36. The molecule has 126 valence electrons. The molecule has 0 aliphatic heterocycles. The molecule has 0 amide bonds. The lowest BCUT2D eigenvalue weighted by atomic mass is 9.68. The van der Waals surface area contributed by atoms with Crippen LogP contribution in [0.4, 0.5) is 0 Å². The van der Waals surface area contributed by atoms with Crippen LogP contribution < -0.4 is 0 Å². The van der Waals surface area contributed by atoms with Gasteiger partial charge in [0.05, 0.1) is 12.5 Å². The summed E-state index contributed by atoms with van der Waals surface area (Å²) in [5, 5.41) is 0. The molecule has 2 aliphatic rings. The second-order valence-corrected chi connectivity index (χ2v) is 7.15. The van der Waals surface area contributed by atoms with Gasteiger partial charge in [-0.25, -0.2) is 0 Å². The number of esters is 1. The number of fused-ring (bicyclic) bond motifs is 3. The highest BCUT2D eigenvalue weighted by molar-refractivity contribution is 6.52. The lowest BCUT2D eigenvalue weighted by Crippen LogP contribution is -2.38. The van der Waals surface area contributed by atoms with Crippen molar-refractivity contribution in [3.63, 3.8) is 0 Å². The molecule has 2 aliphatic carbocycles. The third-order valence-corrected chi connectivity index (χ3v) is 5.31. The number of allylic oxidation sites excluding steroid dienone is 1. The van der Waals surface area contributed by atoms with Crippen LogP contribution in [0.25, 0.3) is 6.08 Å². The van der Waals surface area contributed by atoms with E-state index in [4.69, 9.17) is 4.74 Å². The largest absolute Gasteiger partial charge is 0.468 e. The fourth-order valence-corrected chi connectivity index (χ4v) is 3.93. The summed E-state index contributed by atoms with van der Waals surface area (Å²) in [4.78, 5) is 37.5. The van der Waals surface area contributed by atoms with Crippen LogP contribution in [-0.2, 0) is 26.2 Å². The van der Waals surface area contributed by atoms with Crippen molar-refractivity contribution in [3.05, 3.63) is 40.0 Å². The number of Topliss-reactive ketones (excluding diaryl/α,β-unsaturated/α-hetero) is 2. The maximum Gasteiger partial charge on any atom is 0.316 e. The average Bonchev–Trinajstić information content (AvgIpc) is 2.56. The summed E-state index contributed by atoms with van der Waals surface area (Å²) >= 11 is 0. The molecule has 1 aromatic rings. The quantitative estimate of drug-likeness (QED) is 0.618. The van der Waals surface area contributed by atoms with Gasteiger partial charge in [0.15, 0.2) is 0 Å². The number of ether oxygens (including phenoxy) is 1. The molecule has 0 N–H and O–H groups in total. The van der Waals surface area contributed by atoms with Gasteiger partial charge >= 0.3 is 5.97 Å². The van der Waals surface area contributed by atoms with E-state index in [1.165, 1.54) is 7.11 Å². The first-order chi connectivity index (χ1) is 11.3. The van der Waals surface area contributed by atoms with Crippen LogP contribution in [0.1, 0.15) is 60.7 Å². The standard InChI is InChI=1S/C20H22O4/c1-11(2)14-10-12-7-8-15-13(16(12)18(22)17(14)21)6-5-9-20(15,3)19(23)24-4/h7-8,10-11H,5-6,9H2,1-4H3. The minimum atomic E-state index is -0.761. The fourth-order valence-electron chi connectivity index (χ4n) is 3.93. The normalized spacial score (nSPS) is 22.8. The SMILES string of the molecule is COC(=O)C1(C)CCCc2c1ccc1c2C(=O)C(=O)C(C(C)C)=C1. The Morgan fingerprint density at radius 1 is 1.21 bits per heavy atom. The highest BCUT2D eigenvalue weighted by atomic mass is 16.5. The van der Waals surface area contributed by atoms with E-state index in [2.05, 4.69) is 0 Å². The Morgan fingerprint density at radius 3 is 2.54 bits per heavy atom. The van der Waals surface area contributed by atoms with Crippen LogP contribution in [0.2, 0.25) is 0 Å². The van der Waals surface area contributed by atoms with Gasteiger partial charge in [0, 0.05) is 11.1 Å². The molecule has 0 fully saturated rings. The maximum absolute atomic E-state index is 12.7. The number of methoxy groups -OCH3 is 1. The Bertz CT molecular complexity index is 785. The molecule has 0 heterocycles. The van der Waals surface area contributed by atoms with E-state index >= 15 is 0 Å². The van der Waals surface area contributed by atoms with Gasteiger partial charge in [-0.05, 0) is 54.9 Å². The van der Waals surface area contributed by atoms with E-state index in [-0.39, 0.29) is 11.9 Å². The van der Waals surface area contributed by atoms with Crippen molar-refractivity contribution in [2.45, 2.75) is 45.4 Å². The van der Waals surface area contributed by atoms with E-state index in [0.29, 0.717) is 24.0 Å². The Kier molecular flexibility index (Phi) is 3.94. The Balaban J connectivity index is 2.24. The molecule has 0 saturated carbocycles. The molecule has 4 heteroatoms. The number of carbonyl (C=O) groups is 3. The van der Waals surface area contributed by atoms with Crippen LogP contribution >= 0.6 is 0 Å². The van der Waals surface area contributed by atoms with Crippen molar-refractivity contribution in [1.82, 2.24) is 0 Å². The third-order valence-electron chi connectivity index (χ3n) is 5.31. The summed E-state index contributed by atoms with van der Waals surface area (Å²) < 4.78 is 4.99. The summed E-state index contributed by atoms with van der Waals surface area (Å²) in [7, 11) is 1.38. The van der Waals surface area contributed by atoms with Crippen molar-refractivity contribution in [2.24, 2.45) is 5.92 Å². The minimum Gasteiger partial charge on any atom is -0.468 e. The summed E-state index contributed by atoms with van der Waals surface area (Å²) in [6.07, 6.45) is 4.00. The van der Waals surface area contributed by atoms with Crippen LogP contribution in [0.3, 0.4) is 0 Å². The number of hydrogen-bond acceptors (Lipinski definition) is 4. The topological polar surface area (TPSA) is 60.4 Å². The molecule has 1 atom stereocenters. The number of hydrogen-bond donors (Lipinski definition) is 0. The lowest BCUT2D eigenvalue weighted by Gasteiger charge is -2.35. The predicted octanol–water partition coefficient (Wildman–Crippen LogP) is 3.26. The van der Waals surface area contributed by atoms with Crippen molar-refractivity contribution >= 4 is 23.6 Å². The molecule has 0 spiro atoms. The van der Waals surface area contributed by atoms with Gasteiger partial charge in [-0.1, -0.05) is 26.0 Å². The van der Waals surface area contributed by atoms with Gasteiger partial charge in [-0.3, -0.25) is 14.4 Å².